The van der Waals surface area contributed by atoms with Crippen LogP contribution in [0.1, 0.15) is 16.9 Å². The summed E-state index contributed by atoms with van der Waals surface area (Å²) in [4.78, 5) is 22.8. The van der Waals surface area contributed by atoms with Crippen molar-refractivity contribution in [3.05, 3.63) is 42.1 Å². The van der Waals surface area contributed by atoms with E-state index in [1.54, 1.807) is 13.1 Å². The third kappa shape index (κ3) is 3.44. The molecular weight excluding hydrogens is 258 g/mol. The lowest BCUT2D eigenvalue weighted by atomic mass is 10.1. The third-order valence-electron chi connectivity index (χ3n) is 2.72. The highest BCUT2D eigenvalue weighted by Gasteiger charge is 2.13. The van der Waals surface area contributed by atoms with Gasteiger partial charge in [0.2, 0.25) is 5.91 Å². The quantitative estimate of drug-likeness (QED) is 0.857. The van der Waals surface area contributed by atoms with E-state index in [1.807, 2.05) is 30.3 Å². The van der Waals surface area contributed by atoms with Gasteiger partial charge < -0.3 is 15.2 Å². The zero-order valence-electron chi connectivity index (χ0n) is 11.1. The number of nitrogens with zero attached hydrogens (tertiary/aromatic N) is 1. The molecule has 6 nitrogen and oxygen atoms in total. The summed E-state index contributed by atoms with van der Waals surface area (Å²) >= 11 is 0. The molecule has 104 valence electrons. The van der Waals surface area contributed by atoms with E-state index in [9.17, 15) is 9.59 Å². The molecule has 2 aromatic rings. The number of carbonyl (C=O) groups is 2. The first-order valence-electron chi connectivity index (χ1n) is 6.21. The normalized spacial score (nSPS) is 10.1. The molecule has 0 atom stereocenters. The number of carbonyl (C=O) groups excluding carboxylic acids is 2. The van der Waals surface area contributed by atoms with Crippen molar-refractivity contribution in [3.8, 4) is 11.3 Å². The monoisotopic (exact) mass is 273 g/mol. The highest BCUT2D eigenvalue weighted by molar-refractivity contribution is 5.93. The van der Waals surface area contributed by atoms with Crippen molar-refractivity contribution < 1.29 is 14.1 Å². The molecule has 0 spiro atoms. The molecule has 2 rings (SSSR count). The molecule has 0 bridgehead atoms. The molecule has 0 fully saturated rings. The van der Waals surface area contributed by atoms with Gasteiger partial charge in [-0.15, -0.1) is 0 Å². The second kappa shape index (κ2) is 6.51. The Morgan fingerprint density at radius 3 is 2.70 bits per heavy atom. The minimum atomic E-state index is -0.361. The molecular formula is C14H15N3O3. The van der Waals surface area contributed by atoms with Gasteiger partial charge in [-0.1, -0.05) is 35.5 Å². The topological polar surface area (TPSA) is 84.2 Å². The minimum absolute atomic E-state index is 0.129. The van der Waals surface area contributed by atoms with E-state index in [-0.39, 0.29) is 30.5 Å². The maximum absolute atomic E-state index is 11.8. The van der Waals surface area contributed by atoms with Gasteiger partial charge in [0.05, 0.1) is 0 Å². The van der Waals surface area contributed by atoms with E-state index in [2.05, 4.69) is 15.8 Å². The Hall–Kier alpha value is -2.63. The van der Waals surface area contributed by atoms with E-state index in [0.717, 1.165) is 5.56 Å². The minimum Gasteiger partial charge on any atom is -0.359 e. The molecule has 0 aliphatic rings. The number of amides is 2. The molecule has 2 N–H and O–H groups in total. The number of rotatable bonds is 5. The van der Waals surface area contributed by atoms with Crippen LogP contribution < -0.4 is 10.6 Å². The Bertz CT molecular complexity index is 593. The standard InChI is InChI=1S/C14H15N3O3/c1-15-13(18)7-8-16-14(19)11-9-12(20-17-11)10-5-3-2-4-6-10/h2-6,9H,7-8H2,1H3,(H,15,18)(H,16,19). The predicted octanol–water partition coefficient (Wildman–Crippen LogP) is 1.21. The molecule has 1 aromatic carbocycles. The fraction of sp³-hybridized carbons (Fsp3) is 0.214. The van der Waals surface area contributed by atoms with Crippen molar-refractivity contribution in [2.45, 2.75) is 6.42 Å². The van der Waals surface area contributed by atoms with Crippen LogP contribution in [0, 0.1) is 0 Å². The lowest BCUT2D eigenvalue weighted by Crippen LogP contribution is -2.29. The van der Waals surface area contributed by atoms with E-state index in [1.165, 1.54) is 0 Å². The number of nitrogens with one attached hydrogen (secondary N) is 2. The third-order valence-corrected chi connectivity index (χ3v) is 2.72. The summed E-state index contributed by atoms with van der Waals surface area (Å²) < 4.78 is 5.13. The van der Waals surface area contributed by atoms with Gasteiger partial charge in [0.25, 0.3) is 5.91 Å². The van der Waals surface area contributed by atoms with Crippen LogP contribution in [0.5, 0.6) is 0 Å². The maximum atomic E-state index is 11.8. The van der Waals surface area contributed by atoms with Crippen molar-refractivity contribution >= 4 is 11.8 Å². The van der Waals surface area contributed by atoms with Crippen LogP contribution in [0.25, 0.3) is 11.3 Å². The lowest BCUT2D eigenvalue weighted by Gasteiger charge is -2.01. The van der Waals surface area contributed by atoms with Gasteiger partial charge >= 0.3 is 0 Å². The summed E-state index contributed by atoms with van der Waals surface area (Å²) in [5.41, 5.74) is 1.05. The first-order chi connectivity index (χ1) is 9.70. The average Bonchev–Trinajstić information content (AvgIpc) is 2.97. The summed E-state index contributed by atoms with van der Waals surface area (Å²) in [7, 11) is 1.55. The molecule has 1 heterocycles. The van der Waals surface area contributed by atoms with Crippen molar-refractivity contribution in [1.82, 2.24) is 15.8 Å². The Morgan fingerprint density at radius 2 is 2.00 bits per heavy atom. The van der Waals surface area contributed by atoms with Crippen LogP contribution in [0.4, 0.5) is 0 Å². The van der Waals surface area contributed by atoms with Crippen molar-refractivity contribution in [2.24, 2.45) is 0 Å². The predicted molar refractivity (Wildman–Crippen MR) is 73.0 cm³/mol. The zero-order valence-corrected chi connectivity index (χ0v) is 11.1. The molecule has 0 unspecified atom stereocenters. The average molecular weight is 273 g/mol. The van der Waals surface area contributed by atoms with Crippen LogP contribution in [0.3, 0.4) is 0 Å². The second-order valence-corrected chi connectivity index (χ2v) is 4.12. The fourth-order valence-electron chi connectivity index (χ4n) is 1.63. The van der Waals surface area contributed by atoms with Gasteiger partial charge in [-0.3, -0.25) is 9.59 Å². The van der Waals surface area contributed by atoms with Gasteiger partial charge in [-0.25, -0.2) is 0 Å². The van der Waals surface area contributed by atoms with E-state index in [4.69, 9.17) is 4.52 Å². The largest absolute Gasteiger partial charge is 0.359 e. The second-order valence-electron chi connectivity index (χ2n) is 4.12. The van der Waals surface area contributed by atoms with Crippen molar-refractivity contribution in [1.29, 1.82) is 0 Å². The molecule has 0 radical (unpaired) electrons. The van der Waals surface area contributed by atoms with Gasteiger partial charge in [0.15, 0.2) is 11.5 Å². The Balaban J connectivity index is 1.95. The van der Waals surface area contributed by atoms with Gasteiger partial charge in [0, 0.05) is 31.6 Å². The first kappa shape index (κ1) is 13.8. The molecule has 1 aromatic heterocycles. The summed E-state index contributed by atoms with van der Waals surface area (Å²) in [6, 6.07) is 11.0. The maximum Gasteiger partial charge on any atom is 0.273 e. The molecule has 0 aliphatic carbocycles. The number of hydrogen-bond donors (Lipinski definition) is 2. The van der Waals surface area contributed by atoms with Crippen LogP contribution in [0.2, 0.25) is 0 Å². The molecule has 0 saturated heterocycles. The summed E-state index contributed by atoms with van der Waals surface area (Å²) in [5, 5.41) is 8.81. The molecule has 6 heteroatoms. The van der Waals surface area contributed by atoms with Crippen LogP contribution in [0.15, 0.2) is 40.9 Å². The summed E-state index contributed by atoms with van der Waals surface area (Å²) in [6.07, 6.45) is 0.228. The SMILES string of the molecule is CNC(=O)CCNC(=O)c1cc(-c2ccccc2)on1. The number of benzene rings is 1. The van der Waals surface area contributed by atoms with Gasteiger partial charge in [-0.05, 0) is 0 Å². The molecule has 20 heavy (non-hydrogen) atoms. The highest BCUT2D eigenvalue weighted by Crippen LogP contribution is 2.19. The number of aromatic nitrogens is 1. The molecule has 2 amide bonds. The lowest BCUT2D eigenvalue weighted by molar-refractivity contribution is -0.120. The smallest absolute Gasteiger partial charge is 0.273 e. The van der Waals surface area contributed by atoms with E-state index < -0.39 is 0 Å². The van der Waals surface area contributed by atoms with E-state index >= 15 is 0 Å². The Kier molecular flexibility index (Phi) is 4.49. The zero-order chi connectivity index (χ0) is 14.4. The summed E-state index contributed by atoms with van der Waals surface area (Å²) in [6.45, 7) is 0.256. The molecule has 0 aliphatic heterocycles. The van der Waals surface area contributed by atoms with Gasteiger partial charge in [-0.2, -0.15) is 0 Å². The molecule has 0 saturated carbocycles. The van der Waals surface area contributed by atoms with Crippen LogP contribution in [-0.4, -0.2) is 30.6 Å². The van der Waals surface area contributed by atoms with Crippen LogP contribution >= 0.6 is 0 Å². The summed E-state index contributed by atoms with van der Waals surface area (Å²) in [5.74, 6) is 0.0392. The van der Waals surface area contributed by atoms with Crippen molar-refractivity contribution in [3.63, 3.8) is 0 Å². The number of hydrogen-bond acceptors (Lipinski definition) is 4. The van der Waals surface area contributed by atoms with Crippen molar-refractivity contribution in [2.75, 3.05) is 13.6 Å². The highest BCUT2D eigenvalue weighted by atomic mass is 16.5. The first-order valence-corrected chi connectivity index (χ1v) is 6.21. The Morgan fingerprint density at radius 1 is 1.25 bits per heavy atom. The van der Waals surface area contributed by atoms with Crippen LogP contribution in [-0.2, 0) is 4.79 Å². The fourth-order valence-corrected chi connectivity index (χ4v) is 1.63. The van der Waals surface area contributed by atoms with E-state index in [0.29, 0.717) is 5.76 Å². The Labute approximate surface area is 116 Å². The van der Waals surface area contributed by atoms with Gasteiger partial charge in [0.1, 0.15) is 0 Å².